The van der Waals surface area contributed by atoms with Gasteiger partial charge >= 0.3 is 18.0 Å². The van der Waals surface area contributed by atoms with Gasteiger partial charge < -0.3 is 34.7 Å². The average molecular weight is 712 g/mol. The first-order valence-corrected chi connectivity index (χ1v) is 17.1. The number of aliphatic carboxylic acids is 1. The first-order chi connectivity index (χ1) is 24.0. The van der Waals surface area contributed by atoms with Gasteiger partial charge in [-0.15, -0.1) is 0 Å². The van der Waals surface area contributed by atoms with E-state index in [1.54, 1.807) is 40.7 Å². The van der Waals surface area contributed by atoms with Crippen molar-refractivity contribution in [1.82, 2.24) is 26.1 Å². The molecule has 15 heteroatoms. The largest absolute Gasteiger partial charge is 0.480 e. The van der Waals surface area contributed by atoms with Crippen molar-refractivity contribution < 1.29 is 48.0 Å². The molecule has 1 aromatic heterocycles. The monoisotopic (exact) mass is 711 g/mol. The van der Waals surface area contributed by atoms with E-state index in [0.717, 1.165) is 5.39 Å². The molecule has 3 amide bonds. The zero-order chi connectivity index (χ0) is 37.5. The molecule has 0 saturated carbocycles. The fourth-order valence-corrected chi connectivity index (χ4v) is 5.54. The number of alkyl carbamates (subject to hydrolysis) is 1. The number of carbonyl (C=O) groups is 5. The molecule has 0 aliphatic carbocycles. The lowest BCUT2D eigenvalue weighted by Crippen LogP contribution is -2.60. The number of rotatable bonds is 11. The van der Waals surface area contributed by atoms with Gasteiger partial charge in [0.2, 0.25) is 5.60 Å². The fourth-order valence-electron chi connectivity index (χ4n) is 5.54. The number of ether oxygens (including phenoxy) is 4. The first-order valence-electron chi connectivity index (χ1n) is 17.1. The number of pyridine rings is 1. The molecule has 0 radical (unpaired) electrons. The number of fused-ring (bicyclic) bond motifs is 1. The number of carboxylic acid groups (broad SMARTS) is 1. The van der Waals surface area contributed by atoms with Crippen molar-refractivity contribution in [3.63, 3.8) is 0 Å². The molecule has 2 saturated heterocycles. The minimum Gasteiger partial charge on any atom is -0.480 e. The maximum absolute atomic E-state index is 13.8. The zero-order valence-corrected chi connectivity index (χ0v) is 30.2. The highest BCUT2D eigenvalue weighted by Gasteiger charge is 2.44. The van der Waals surface area contributed by atoms with E-state index in [9.17, 15) is 29.1 Å². The second-order valence-electron chi connectivity index (χ2n) is 14.1. The summed E-state index contributed by atoms with van der Waals surface area (Å²) < 4.78 is 22.7. The third-order valence-corrected chi connectivity index (χ3v) is 8.29. The van der Waals surface area contributed by atoms with Gasteiger partial charge in [-0.1, -0.05) is 38.1 Å². The second-order valence-corrected chi connectivity index (χ2v) is 14.1. The van der Waals surface area contributed by atoms with E-state index in [1.807, 2.05) is 37.3 Å². The number of hydrogen-bond donors (Lipinski definition) is 4. The Balaban J connectivity index is 1.47. The Morgan fingerprint density at radius 3 is 2.45 bits per heavy atom. The fraction of sp³-hybridized carbons (Fsp3) is 0.556. The molecule has 0 bridgehead atoms. The van der Waals surface area contributed by atoms with Gasteiger partial charge in [-0.25, -0.2) is 15.0 Å². The standard InChI is InChI=1S/C36H49N5O10/c1-21(2)29(30(42)37-23(4)31(43)41-16-8-9-27(40-41)32(44)45)50-33(46)36(20-48-17-18-49-36)15-14-24-10-11-25-12-13-26(39-28(25)19-24)22(3)38-34(47)51-35(5,6)7/h10-15,19,21-23,27,29,40H,8-9,16-18,20H2,1-7H3,(H,37,42)(H,38,47)(H,44,45)/b15-14+/t22?,23?,27-,29?,36?/m0/s1. The Morgan fingerprint density at radius 1 is 1.08 bits per heavy atom. The highest BCUT2D eigenvalue weighted by atomic mass is 16.6. The quantitative estimate of drug-likeness (QED) is 0.249. The number of hydrogen-bond acceptors (Lipinski definition) is 11. The molecule has 2 aliphatic rings. The smallest absolute Gasteiger partial charge is 0.408 e. The van der Waals surface area contributed by atoms with Crippen LogP contribution in [0.25, 0.3) is 17.0 Å². The third-order valence-electron chi connectivity index (χ3n) is 8.29. The van der Waals surface area contributed by atoms with Crippen molar-refractivity contribution in [2.75, 3.05) is 26.4 Å². The molecule has 2 aromatic rings. The van der Waals surface area contributed by atoms with E-state index in [2.05, 4.69) is 16.1 Å². The van der Waals surface area contributed by atoms with Crippen LogP contribution in [0.5, 0.6) is 0 Å². The number of hydrazine groups is 1. The van der Waals surface area contributed by atoms with E-state index in [1.165, 1.54) is 18.0 Å². The van der Waals surface area contributed by atoms with Crippen molar-refractivity contribution in [2.45, 2.75) is 96.7 Å². The summed E-state index contributed by atoms with van der Waals surface area (Å²) in [5.74, 6) is -3.58. The molecular formula is C36H49N5O10. The number of esters is 1. The predicted molar refractivity (Wildman–Crippen MR) is 186 cm³/mol. The maximum Gasteiger partial charge on any atom is 0.408 e. The van der Waals surface area contributed by atoms with Crippen molar-refractivity contribution in [2.24, 2.45) is 5.92 Å². The normalized spacial score (nSPS) is 21.5. The SMILES string of the molecule is CC(NC(=O)C(OC(=O)C1(/C=C/c2ccc3ccc(C(C)NC(=O)OC(C)(C)C)nc3c2)COCCO1)C(C)C)C(=O)N1CCC[C@@H](C(=O)O)N1. The Labute approximate surface area is 297 Å². The number of benzene rings is 1. The Kier molecular flexibility index (Phi) is 12.8. The Bertz CT molecular complexity index is 1630. The summed E-state index contributed by atoms with van der Waals surface area (Å²) in [5.41, 5.74) is 2.37. The average Bonchev–Trinajstić information content (AvgIpc) is 3.08. The molecule has 4 N–H and O–H groups in total. The molecule has 15 nitrogen and oxygen atoms in total. The summed E-state index contributed by atoms with van der Waals surface area (Å²) in [5, 5.41) is 16.8. The molecule has 4 rings (SSSR count). The van der Waals surface area contributed by atoms with Crippen molar-refractivity contribution >= 4 is 46.8 Å². The van der Waals surface area contributed by atoms with Gasteiger partial charge in [0.1, 0.15) is 17.7 Å². The topological polar surface area (TPSA) is 195 Å². The van der Waals surface area contributed by atoms with Gasteiger partial charge in [-0.3, -0.25) is 24.4 Å². The van der Waals surface area contributed by atoms with Crippen LogP contribution in [0.2, 0.25) is 0 Å². The van der Waals surface area contributed by atoms with E-state index in [-0.39, 0.29) is 26.4 Å². The maximum atomic E-state index is 13.8. The number of nitrogens with one attached hydrogen (secondary N) is 3. The van der Waals surface area contributed by atoms with Gasteiger partial charge in [0.05, 0.1) is 37.1 Å². The first kappa shape index (κ1) is 39.2. The lowest BCUT2D eigenvalue weighted by atomic mass is 10.0. The van der Waals surface area contributed by atoms with Crippen LogP contribution in [0.3, 0.4) is 0 Å². The molecule has 2 fully saturated rings. The minimum absolute atomic E-state index is 0.106. The van der Waals surface area contributed by atoms with Crippen LogP contribution in [0, 0.1) is 5.92 Å². The Hall–Kier alpha value is -4.60. The summed E-state index contributed by atoms with van der Waals surface area (Å²) in [6, 6.07) is 6.93. The highest BCUT2D eigenvalue weighted by molar-refractivity contribution is 5.92. The highest BCUT2D eigenvalue weighted by Crippen LogP contribution is 2.26. The van der Waals surface area contributed by atoms with Crippen LogP contribution in [0.4, 0.5) is 4.79 Å². The zero-order valence-electron chi connectivity index (χ0n) is 30.2. The molecule has 2 aliphatic heterocycles. The predicted octanol–water partition coefficient (Wildman–Crippen LogP) is 3.27. The van der Waals surface area contributed by atoms with E-state index in [0.29, 0.717) is 29.6 Å². The molecular weight excluding hydrogens is 662 g/mol. The molecule has 3 heterocycles. The lowest BCUT2D eigenvalue weighted by Gasteiger charge is -2.35. The second kappa shape index (κ2) is 16.6. The van der Waals surface area contributed by atoms with Gasteiger partial charge in [0.15, 0.2) is 6.10 Å². The molecule has 1 aromatic carbocycles. The number of aromatic nitrogens is 1. The van der Waals surface area contributed by atoms with Crippen LogP contribution in [0.15, 0.2) is 36.4 Å². The van der Waals surface area contributed by atoms with Crippen LogP contribution >= 0.6 is 0 Å². The summed E-state index contributed by atoms with van der Waals surface area (Å²) in [4.78, 5) is 68.6. The van der Waals surface area contributed by atoms with Gasteiger partial charge in [0.25, 0.3) is 11.8 Å². The number of carboxylic acids is 1. The van der Waals surface area contributed by atoms with Gasteiger partial charge in [0, 0.05) is 11.9 Å². The van der Waals surface area contributed by atoms with Crippen molar-refractivity contribution in [1.29, 1.82) is 0 Å². The Morgan fingerprint density at radius 2 is 1.80 bits per heavy atom. The summed E-state index contributed by atoms with van der Waals surface area (Å²) in [7, 11) is 0. The molecule has 51 heavy (non-hydrogen) atoms. The van der Waals surface area contributed by atoms with Gasteiger partial charge in [-0.2, -0.15) is 0 Å². The molecule has 0 spiro atoms. The van der Waals surface area contributed by atoms with Crippen LogP contribution < -0.4 is 16.1 Å². The number of amides is 3. The van der Waals surface area contributed by atoms with Crippen LogP contribution in [0.1, 0.15) is 78.6 Å². The minimum atomic E-state index is -1.66. The lowest BCUT2D eigenvalue weighted by molar-refractivity contribution is -0.195. The molecule has 278 valence electrons. The summed E-state index contributed by atoms with van der Waals surface area (Å²) in [6.07, 6.45) is 2.27. The van der Waals surface area contributed by atoms with Gasteiger partial charge in [-0.05, 0) is 77.2 Å². The number of carbonyl (C=O) groups excluding carboxylic acids is 4. The number of nitrogens with zero attached hydrogens (tertiary/aromatic N) is 2. The summed E-state index contributed by atoms with van der Waals surface area (Å²) >= 11 is 0. The van der Waals surface area contributed by atoms with Crippen molar-refractivity contribution in [3.8, 4) is 0 Å². The molecule has 5 atom stereocenters. The van der Waals surface area contributed by atoms with E-state index < -0.39 is 71.2 Å². The van der Waals surface area contributed by atoms with E-state index in [4.69, 9.17) is 23.9 Å². The van der Waals surface area contributed by atoms with Crippen molar-refractivity contribution in [3.05, 3.63) is 47.7 Å². The third kappa shape index (κ3) is 10.5. The summed E-state index contributed by atoms with van der Waals surface area (Å²) in [6.45, 7) is 12.6. The van der Waals surface area contributed by atoms with Crippen LogP contribution in [-0.2, 0) is 38.1 Å². The van der Waals surface area contributed by atoms with E-state index >= 15 is 0 Å². The molecule has 4 unspecified atom stereocenters. The van der Waals surface area contributed by atoms with Crippen LogP contribution in [-0.4, -0.2) is 101 Å².